The van der Waals surface area contributed by atoms with Gasteiger partial charge in [0.1, 0.15) is 0 Å². The highest BCUT2D eigenvalue weighted by Crippen LogP contribution is 2.23. The highest BCUT2D eigenvalue weighted by Gasteiger charge is 1.92. The van der Waals surface area contributed by atoms with Gasteiger partial charge >= 0.3 is 8.60 Å². The fourth-order valence-corrected chi connectivity index (χ4v) is 0.358. The third-order valence-corrected chi connectivity index (χ3v) is 0.688. The monoisotopic (exact) mass is 158 g/mol. The second-order valence-electron chi connectivity index (χ2n) is 0.837. The molecule has 0 spiro atoms. The summed E-state index contributed by atoms with van der Waals surface area (Å²) in [5.41, 5.74) is 0. The van der Waals surface area contributed by atoms with Crippen molar-refractivity contribution in [3.63, 3.8) is 0 Å². The molecule has 50 valence electrons. The molecule has 0 amide bonds. The van der Waals surface area contributed by atoms with Gasteiger partial charge in [0, 0.05) is 0 Å². The van der Waals surface area contributed by atoms with Gasteiger partial charge in [0.05, 0.1) is 6.61 Å². The zero-order chi connectivity index (χ0) is 5.70. The molecule has 0 aliphatic rings. The van der Waals surface area contributed by atoms with Crippen LogP contribution in [0.25, 0.3) is 0 Å². The van der Waals surface area contributed by atoms with E-state index in [0.717, 1.165) is 0 Å². The molecule has 8 heavy (non-hydrogen) atoms. The van der Waals surface area contributed by atoms with Gasteiger partial charge in [-0.2, -0.15) is 0 Å². The van der Waals surface area contributed by atoms with Crippen molar-refractivity contribution < 1.29 is 14.3 Å². The van der Waals surface area contributed by atoms with Crippen LogP contribution in [0.1, 0.15) is 0 Å². The Morgan fingerprint density at radius 3 is 2.25 bits per heavy atom. The second-order valence-corrected chi connectivity index (χ2v) is 1.60. The summed E-state index contributed by atoms with van der Waals surface area (Å²) >= 11 is 0. The first-order valence-corrected chi connectivity index (χ1v) is 2.85. The summed E-state index contributed by atoms with van der Waals surface area (Å²) in [7, 11) is -2.18. The molecule has 0 aromatic rings. The minimum atomic E-state index is -2.18. The van der Waals surface area contributed by atoms with Crippen LogP contribution < -0.4 is 0 Å². The fraction of sp³-hybridized carbons (Fsp3) is 0.333. The Labute approximate surface area is 55.4 Å². The van der Waals surface area contributed by atoms with Crippen molar-refractivity contribution in [1.29, 1.82) is 0 Å². The van der Waals surface area contributed by atoms with Crippen LogP contribution in [0, 0.1) is 0 Å². The summed E-state index contributed by atoms with van der Waals surface area (Å²) in [6, 6.07) is 0. The largest absolute Gasteiger partial charge is 0.328 e. The summed E-state index contributed by atoms with van der Waals surface area (Å²) in [6.07, 6.45) is 1.45. The van der Waals surface area contributed by atoms with Gasteiger partial charge < -0.3 is 14.3 Å². The highest BCUT2D eigenvalue weighted by molar-refractivity contribution is 7.39. The van der Waals surface area contributed by atoms with Crippen LogP contribution in [0.15, 0.2) is 12.7 Å². The van der Waals surface area contributed by atoms with E-state index in [1.807, 2.05) is 0 Å². The molecule has 0 aromatic heterocycles. The van der Waals surface area contributed by atoms with Crippen molar-refractivity contribution in [3.8, 4) is 0 Å². The van der Waals surface area contributed by atoms with Gasteiger partial charge in [-0.1, -0.05) is 6.08 Å². The molecule has 0 bridgehead atoms. The number of rotatable bonds is 3. The average Bonchev–Trinajstić information content (AvgIpc) is 1.61. The Kier molecular flexibility index (Phi) is 10.3. The Morgan fingerprint density at radius 2 is 2.12 bits per heavy atom. The average molecular weight is 159 g/mol. The van der Waals surface area contributed by atoms with Gasteiger partial charge in [0.15, 0.2) is 0 Å². The Balaban J connectivity index is 0. The number of hydrogen-bond acceptors (Lipinski definition) is 3. The highest BCUT2D eigenvalue weighted by atomic mass is 35.5. The van der Waals surface area contributed by atoms with Crippen LogP contribution in [-0.2, 0) is 4.52 Å². The van der Waals surface area contributed by atoms with E-state index >= 15 is 0 Å². The lowest BCUT2D eigenvalue weighted by atomic mass is 10.7. The van der Waals surface area contributed by atoms with E-state index in [-0.39, 0.29) is 19.0 Å². The third kappa shape index (κ3) is 9.60. The fourth-order valence-electron chi connectivity index (χ4n) is 0.119. The van der Waals surface area contributed by atoms with Crippen molar-refractivity contribution in [1.82, 2.24) is 0 Å². The van der Waals surface area contributed by atoms with Crippen LogP contribution >= 0.6 is 21.0 Å². The van der Waals surface area contributed by atoms with Crippen molar-refractivity contribution in [2.45, 2.75) is 0 Å². The smallest absolute Gasteiger partial charge is 0.327 e. The minimum Gasteiger partial charge on any atom is -0.328 e. The van der Waals surface area contributed by atoms with E-state index in [9.17, 15) is 0 Å². The summed E-state index contributed by atoms with van der Waals surface area (Å²) in [6.45, 7) is 3.49. The molecule has 0 aliphatic carbocycles. The molecular weight excluding hydrogens is 150 g/mol. The van der Waals surface area contributed by atoms with Crippen LogP contribution in [0.2, 0.25) is 0 Å². The Morgan fingerprint density at radius 1 is 1.62 bits per heavy atom. The minimum absolute atomic E-state index is 0. The van der Waals surface area contributed by atoms with Gasteiger partial charge in [-0.3, -0.25) is 0 Å². The Hall–Kier alpha value is 0.340. The van der Waals surface area contributed by atoms with E-state index in [1.165, 1.54) is 6.08 Å². The van der Waals surface area contributed by atoms with E-state index in [4.69, 9.17) is 9.79 Å². The van der Waals surface area contributed by atoms with Crippen LogP contribution in [0.5, 0.6) is 0 Å². The summed E-state index contributed by atoms with van der Waals surface area (Å²) in [5, 5.41) is 0. The SMILES string of the molecule is C=CCOP(O)O.Cl. The van der Waals surface area contributed by atoms with Crippen molar-refractivity contribution in [2.75, 3.05) is 6.61 Å². The molecule has 0 aliphatic heterocycles. The van der Waals surface area contributed by atoms with Crippen molar-refractivity contribution in [2.24, 2.45) is 0 Å². The van der Waals surface area contributed by atoms with E-state index in [1.54, 1.807) is 0 Å². The molecule has 0 unspecified atom stereocenters. The maximum absolute atomic E-state index is 8.03. The molecular formula is C3H8ClO3P. The second kappa shape index (κ2) is 7.34. The molecule has 0 atom stereocenters. The summed E-state index contributed by atoms with van der Waals surface area (Å²) in [5.74, 6) is 0. The zero-order valence-electron chi connectivity index (χ0n) is 4.15. The number of halogens is 1. The normalized spacial score (nSPS) is 8.38. The lowest BCUT2D eigenvalue weighted by Gasteiger charge is -1.96. The van der Waals surface area contributed by atoms with Gasteiger partial charge in [0.2, 0.25) is 0 Å². The number of hydrogen-bond donors (Lipinski definition) is 2. The molecule has 0 fully saturated rings. The molecule has 0 heterocycles. The molecule has 0 rings (SSSR count). The Bertz CT molecular complexity index is 58.5. The van der Waals surface area contributed by atoms with Gasteiger partial charge in [-0.15, -0.1) is 19.0 Å². The lowest BCUT2D eigenvalue weighted by Crippen LogP contribution is -1.80. The zero-order valence-corrected chi connectivity index (χ0v) is 5.86. The van der Waals surface area contributed by atoms with Crippen molar-refractivity contribution in [3.05, 3.63) is 12.7 Å². The van der Waals surface area contributed by atoms with Gasteiger partial charge in [-0.05, 0) is 0 Å². The van der Waals surface area contributed by atoms with Crippen LogP contribution in [-0.4, -0.2) is 16.4 Å². The molecule has 2 N–H and O–H groups in total. The topological polar surface area (TPSA) is 49.7 Å². The maximum Gasteiger partial charge on any atom is 0.327 e. The van der Waals surface area contributed by atoms with Crippen molar-refractivity contribution >= 4 is 21.0 Å². The molecule has 0 saturated carbocycles. The van der Waals surface area contributed by atoms with Crippen LogP contribution in [0.3, 0.4) is 0 Å². The first-order chi connectivity index (χ1) is 3.27. The van der Waals surface area contributed by atoms with Gasteiger partial charge in [-0.25, -0.2) is 0 Å². The molecule has 5 heteroatoms. The predicted molar refractivity (Wildman–Crippen MR) is 34.8 cm³/mol. The standard InChI is InChI=1S/C3H7O3P.ClH/c1-2-3-6-7(4)5;/h2,4-5H,1,3H2;1H. The van der Waals surface area contributed by atoms with E-state index in [0.29, 0.717) is 0 Å². The van der Waals surface area contributed by atoms with Crippen LogP contribution in [0.4, 0.5) is 0 Å². The van der Waals surface area contributed by atoms with Gasteiger partial charge in [0.25, 0.3) is 0 Å². The third-order valence-electron chi connectivity index (χ3n) is 0.308. The first-order valence-electron chi connectivity index (χ1n) is 1.69. The molecule has 0 saturated heterocycles. The first kappa shape index (κ1) is 11.2. The molecule has 0 radical (unpaired) electrons. The predicted octanol–water partition coefficient (Wildman–Crippen LogP) is 0.822. The van der Waals surface area contributed by atoms with E-state index < -0.39 is 8.60 Å². The summed E-state index contributed by atoms with van der Waals surface area (Å²) < 4.78 is 4.25. The quantitative estimate of drug-likeness (QED) is 0.472. The van der Waals surface area contributed by atoms with E-state index in [2.05, 4.69) is 11.1 Å². The molecule has 3 nitrogen and oxygen atoms in total. The maximum atomic E-state index is 8.03. The lowest BCUT2D eigenvalue weighted by molar-refractivity contribution is 0.282. The molecule has 0 aromatic carbocycles. The summed E-state index contributed by atoms with van der Waals surface area (Å²) in [4.78, 5) is 16.1.